The van der Waals surface area contributed by atoms with E-state index in [0.29, 0.717) is 0 Å². The van der Waals surface area contributed by atoms with Crippen LogP contribution >= 0.6 is 23.4 Å². The van der Waals surface area contributed by atoms with Crippen molar-refractivity contribution in [3.05, 3.63) is 28.8 Å². The lowest BCUT2D eigenvalue weighted by Gasteiger charge is -2.34. The highest BCUT2D eigenvalue weighted by atomic mass is 35.5. The average Bonchev–Trinajstić information content (AvgIpc) is 2.38. The van der Waals surface area contributed by atoms with Gasteiger partial charge in [0.25, 0.3) is 0 Å². The molecule has 2 N–H and O–H groups in total. The second-order valence-electron chi connectivity index (χ2n) is 4.85. The lowest BCUT2D eigenvalue weighted by molar-refractivity contribution is 0.727. The summed E-state index contributed by atoms with van der Waals surface area (Å²) in [4.78, 5) is 2.40. The Morgan fingerprint density at radius 2 is 2.33 bits per heavy atom. The van der Waals surface area contributed by atoms with Crippen LogP contribution in [0.1, 0.15) is 31.9 Å². The van der Waals surface area contributed by atoms with E-state index in [4.69, 9.17) is 17.3 Å². The molecule has 0 aliphatic carbocycles. The van der Waals surface area contributed by atoms with E-state index in [-0.39, 0.29) is 6.04 Å². The maximum atomic E-state index is 6.39. The SMILES string of the molecule is CCC1CN(c2ccc([C@@H](C)N)cc2Cl)CCS1. The largest absolute Gasteiger partial charge is 0.368 e. The Morgan fingerprint density at radius 1 is 1.56 bits per heavy atom. The topological polar surface area (TPSA) is 29.3 Å². The monoisotopic (exact) mass is 284 g/mol. The van der Waals surface area contributed by atoms with Gasteiger partial charge in [0.1, 0.15) is 0 Å². The summed E-state index contributed by atoms with van der Waals surface area (Å²) < 4.78 is 0. The zero-order chi connectivity index (χ0) is 13.1. The Bertz CT molecular complexity index is 409. The Balaban J connectivity index is 2.17. The lowest BCUT2D eigenvalue weighted by Crippen LogP contribution is -2.37. The molecule has 0 amide bonds. The fourth-order valence-electron chi connectivity index (χ4n) is 2.25. The molecule has 100 valence electrons. The van der Waals surface area contributed by atoms with Crippen LogP contribution in [0.4, 0.5) is 5.69 Å². The van der Waals surface area contributed by atoms with Gasteiger partial charge in [0.2, 0.25) is 0 Å². The molecular formula is C14H21ClN2S. The minimum absolute atomic E-state index is 0.0388. The number of halogens is 1. The van der Waals surface area contributed by atoms with E-state index in [9.17, 15) is 0 Å². The smallest absolute Gasteiger partial charge is 0.0642 e. The summed E-state index contributed by atoms with van der Waals surface area (Å²) in [6.45, 7) is 6.41. The maximum absolute atomic E-state index is 6.39. The first kappa shape index (κ1) is 14.0. The molecule has 4 heteroatoms. The predicted octanol–water partition coefficient (Wildman–Crippen LogP) is 3.69. The first-order valence-electron chi connectivity index (χ1n) is 6.53. The molecule has 1 heterocycles. The van der Waals surface area contributed by atoms with Crippen LogP contribution in [0.15, 0.2) is 18.2 Å². The van der Waals surface area contributed by atoms with Crippen molar-refractivity contribution < 1.29 is 0 Å². The molecule has 0 bridgehead atoms. The van der Waals surface area contributed by atoms with Crippen LogP contribution in [0, 0.1) is 0 Å². The molecule has 1 aromatic carbocycles. The van der Waals surface area contributed by atoms with Crippen molar-refractivity contribution in [1.29, 1.82) is 0 Å². The number of rotatable bonds is 3. The standard InChI is InChI=1S/C14H21ClN2S/c1-3-12-9-17(6-7-18-12)14-5-4-11(10(2)16)8-13(14)15/h4-5,8,10,12H,3,6-7,9,16H2,1-2H3/t10-,12?/m1/s1. The van der Waals surface area contributed by atoms with Crippen molar-refractivity contribution in [3.63, 3.8) is 0 Å². The van der Waals surface area contributed by atoms with Gasteiger partial charge in [0, 0.05) is 30.1 Å². The zero-order valence-electron chi connectivity index (χ0n) is 11.0. The van der Waals surface area contributed by atoms with Crippen LogP contribution in [-0.4, -0.2) is 24.1 Å². The van der Waals surface area contributed by atoms with E-state index < -0.39 is 0 Å². The van der Waals surface area contributed by atoms with Gasteiger partial charge >= 0.3 is 0 Å². The first-order chi connectivity index (χ1) is 8.61. The third kappa shape index (κ3) is 3.14. The first-order valence-corrected chi connectivity index (χ1v) is 7.96. The summed E-state index contributed by atoms with van der Waals surface area (Å²) in [6.07, 6.45) is 1.22. The molecule has 1 aliphatic rings. The molecule has 1 saturated heterocycles. The number of anilines is 1. The van der Waals surface area contributed by atoms with E-state index in [1.807, 2.05) is 13.0 Å². The fraction of sp³-hybridized carbons (Fsp3) is 0.571. The molecule has 1 fully saturated rings. The summed E-state index contributed by atoms with van der Waals surface area (Å²) in [5.74, 6) is 1.18. The quantitative estimate of drug-likeness (QED) is 0.918. The van der Waals surface area contributed by atoms with Crippen LogP contribution in [-0.2, 0) is 0 Å². The van der Waals surface area contributed by atoms with Gasteiger partial charge in [0.05, 0.1) is 10.7 Å². The Morgan fingerprint density at radius 3 is 2.94 bits per heavy atom. The van der Waals surface area contributed by atoms with Crippen molar-refractivity contribution >= 4 is 29.1 Å². The van der Waals surface area contributed by atoms with Crippen molar-refractivity contribution in [2.45, 2.75) is 31.6 Å². The lowest BCUT2D eigenvalue weighted by atomic mass is 10.1. The van der Waals surface area contributed by atoms with E-state index in [0.717, 1.165) is 34.6 Å². The molecule has 1 unspecified atom stereocenters. The van der Waals surface area contributed by atoms with Crippen molar-refractivity contribution in [2.75, 3.05) is 23.7 Å². The normalized spacial score (nSPS) is 22.0. The second-order valence-corrected chi connectivity index (χ2v) is 6.66. The molecule has 2 rings (SSSR count). The summed E-state index contributed by atoms with van der Waals surface area (Å²) >= 11 is 8.46. The van der Waals surface area contributed by atoms with Crippen LogP contribution in [0.3, 0.4) is 0 Å². The van der Waals surface area contributed by atoms with E-state index in [1.165, 1.54) is 12.2 Å². The number of benzene rings is 1. The van der Waals surface area contributed by atoms with Crippen LogP contribution < -0.4 is 10.6 Å². The molecule has 1 aromatic rings. The second kappa shape index (κ2) is 6.18. The third-order valence-electron chi connectivity index (χ3n) is 3.43. The molecule has 2 nitrogen and oxygen atoms in total. The molecule has 0 radical (unpaired) electrons. The van der Waals surface area contributed by atoms with Gasteiger partial charge in [0.15, 0.2) is 0 Å². The molecule has 2 atom stereocenters. The number of nitrogens with two attached hydrogens (primary N) is 1. The summed E-state index contributed by atoms with van der Waals surface area (Å²) in [6, 6.07) is 6.25. The van der Waals surface area contributed by atoms with Crippen LogP contribution in [0.2, 0.25) is 5.02 Å². The Hall–Kier alpha value is -0.380. The number of hydrogen-bond acceptors (Lipinski definition) is 3. The maximum Gasteiger partial charge on any atom is 0.0642 e. The fourth-order valence-corrected chi connectivity index (χ4v) is 3.74. The van der Waals surface area contributed by atoms with E-state index >= 15 is 0 Å². The highest BCUT2D eigenvalue weighted by Gasteiger charge is 2.20. The zero-order valence-corrected chi connectivity index (χ0v) is 12.6. The van der Waals surface area contributed by atoms with Gasteiger partial charge in [-0.3, -0.25) is 0 Å². The number of nitrogens with zero attached hydrogens (tertiary/aromatic N) is 1. The minimum atomic E-state index is 0.0388. The van der Waals surface area contributed by atoms with Gasteiger partial charge < -0.3 is 10.6 Å². The highest BCUT2D eigenvalue weighted by molar-refractivity contribution is 8.00. The molecule has 18 heavy (non-hydrogen) atoms. The van der Waals surface area contributed by atoms with E-state index in [2.05, 4.69) is 35.7 Å². The number of hydrogen-bond donors (Lipinski definition) is 1. The molecule has 1 aliphatic heterocycles. The van der Waals surface area contributed by atoms with Crippen molar-refractivity contribution in [3.8, 4) is 0 Å². The highest BCUT2D eigenvalue weighted by Crippen LogP contribution is 2.32. The minimum Gasteiger partial charge on any atom is -0.368 e. The number of thioether (sulfide) groups is 1. The van der Waals surface area contributed by atoms with Crippen molar-refractivity contribution in [1.82, 2.24) is 0 Å². The molecular weight excluding hydrogens is 264 g/mol. The van der Waals surface area contributed by atoms with Gasteiger partial charge in [-0.05, 0) is 31.0 Å². The van der Waals surface area contributed by atoms with Crippen molar-refractivity contribution in [2.24, 2.45) is 5.73 Å². The summed E-state index contributed by atoms with van der Waals surface area (Å²) in [5.41, 5.74) is 8.13. The van der Waals surface area contributed by atoms with E-state index in [1.54, 1.807) is 0 Å². The van der Waals surface area contributed by atoms with Crippen LogP contribution in [0.5, 0.6) is 0 Å². The Kier molecular flexibility index (Phi) is 4.82. The summed E-state index contributed by atoms with van der Waals surface area (Å²) in [7, 11) is 0. The molecule has 0 aromatic heterocycles. The average molecular weight is 285 g/mol. The van der Waals surface area contributed by atoms with Gasteiger partial charge in [-0.2, -0.15) is 11.8 Å². The van der Waals surface area contributed by atoms with Gasteiger partial charge in [-0.15, -0.1) is 0 Å². The molecule has 0 saturated carbocycles. The molecule has 0 spiro atoms. The Labute approximate surface area is 119 Å². The predicted molar refractivity (Wildman–Crippen MR) is 82.8 cm³/mol. The summed E-state index contributed by atoms with van der Waals surface area (Å²) in [5, 5.41) is 1.55. The third-order valence-corrected chi connectivity index (χ3v) is 5.11. The van der Waals surface area contributed by atoms with Gasteiger partial charge in [-0.1, -0.05) is 24.6 Å². The van der Waals surface area contributed by atoms with Crippen LogP contribution in [0.25, 0.3) is 0 Å². The van der Waals surface area contributed by atoms with Gasteiger partial charge in [-0.25, -0.2) is 0 Å².